The van der Waals surface area contributed by atoms with Gasteiger partial charge in [0.25, 0.3) is 0 Å². The van der Waals surface area contributed by atoms with Gasteiger partial charge < -0.3 is 0 Å². The number of aromatic nitrogens is 2. The van der Waals surface area contributed by atoms with Gasteiger partial charge in [-0.2, -0.15) is 0 Å². The normalized spacial score (nSPS) is 11.1. The van der Waals surface area contributed by atoms with Crippen molar-refractivity contribution in [3.05, 3.63) is 59.0 Å². The zero-order valence-electron chi connectivity index (χ0n) is 11.4. The maximum Gasteiger partial charge on any atom is 0.124 e. The molecule has 0 aliphatic heterocycles. The van der Waals surface area contributed by atoms with Crippen LogP contribution in [0.1, 0.15) is 5.56 Å². The lowest BCUT2D eigenvalue weighted by Crippen LogP contribution is -1.88. The zero-order chi connectivity index (χ0) is 14.2. The summed E-state index contributed by atoms with van der Waals surface area (Å²) in [5.74, 6) is 0. The molecule has 0 saturated carbocycles. The Morgan fingerprint density at radius 2 is 1.57 bits per heavy atom. The first-order valence-electron chi connectivity index (χ1n) is 6.66. The molecular formula is C17H12N2S2. The van der Waals surface area contributed by atoms with E-state index in [0.717, 1.165) is 10.0 Å². The van der Waals surface area contributed by atoms with Gasteiger partial charge in [-0.05, 0) is 23.3 Å². The summed E-state index contributed by atoms with van der Waals surface area (Å²) in [6.07, 6.45) is 3.72. The van der Waals surface area contributed by atoms with Crippen molar-refractivity contribution in [1.82, 2.24) is 9.97 Å². The third-order valence-corrected chi connectivity index (χ3v) is 5.18. The van der Waals surface area contributed by atoms with Gasteiger partial charge in [-0.15, -0.1) is 22.7 Å². The average molecular weight is 308 g/mol. The fourth-order valence-corrected chi connectivity index (χ4v) is 4.08. The first kappa shape index (κ1) is 12.7. The van der Waals surface area contributed by atoms with Crippen molar-refractivity contribution in [2.24, 2.45) is 0 Å². The molecule has 2 aromatic heterocycles. The van der Waals surface area contributed by atoms with Crippen LogP contribution in [0.25, 0.3) is 31.9 Å². The Hall–Kier alpha value is -2.04. The number of aryl methyl sites for hydroxylation is 1. The van der Waals surface area contributed by atoms with Gasteiger partial charge in [0.05, 0.1) is 0 Å². The number of fused-ring (bicyclic) bond motifs is 1. The molecule has 102 valence electrons. The van der Waals surface area contributed by atoms with Crippen LogP contribution in [0, 0.1) is 6.92 Å². The van der Waals surface area contributed by atoms with E-state index in [4.69, 9.17) is 0 Å². The highest BCUT2D eigenvalue weighted by Crippen LogP contribution is 2.37. The lowest BCUT2D eigenvalue weighted by molar-refractivity contribution is 1.39. The average Bonchev–Trinajstić information content (AvgIpc) is 3.20. The van der Waals surface area contributed by atoms with E-state index in [-0.39, 0.29) is 0 Å². The second kappa shape index (κ2) is 5.06. The Kier molecular flexibility index (Phi) is 3.05. The molecule has 2 nitrogen and oxygen atoms in total. The second-order valence-electron chi connectivity index (χ2n) is 4.83. The summed E-state index contributed by atoms with van der Waals surface area (Å²) in [5, 5.41) is 8.67. The highest BCUT2D eigenvalue weighted by Gasteiger charge is 2.13. The topological polar surface area (TPSA) is 25.8 Å². The van der Waals surface area contributed by atoms with Crippen molar-refractivity contribution < 1.29 is 0 Å². The van der Waals surface area contributed by atoms with E-state index in [1.165, 1.54) is 27.5 Å². The van der Waals surface area contributed by atoms with E-state index in [2.05, 4.69) is 47.2 Å². The molecule has 0 bridgehead atoms. The molecule has 0 aliphatic carbocycles. The maximum absolute atomic E-state index is 4.50. The summed E-state index contributed by atoms with van der Waals surface area (Å²) < 4.78 is 0. The molecule has 0 N–H and O–H groups in total. The first-order valence-corrected chi connectivity index (χ1v) is 8.42. The fraction of sp³-hybridized carbons (Fsp3) is 0.0588. The minimum atomic E-state index is 1.06. The lowest BCUT2D eigenvalue weighted by atomic mass is 9.97. The zero-order valence-corrected chi connectivity index (χ0v) is 13.0. The van der Waals surface area contributed by atoms with Crippen molar-refractivity contribution in [1.29, 1.82) is 0 Å². The molecular weight excluding hydrogens is 296 g/mol. The van der Waals surface area contributed by atoms with Crippen LogP contribution >= 0.6 is 22.7 Å². The molecule has 0 amide bonds. The number of nitrogens with zero attached hydrogens (tertiary/aromatic N) is 2. The quantitative estimate of drug-likeness (QED) is 0.496. The molecule has 2 aromatic carbocycles. The van der Waals surface area contributed by atoms with Crippen LogP contribution in [0.5, 0.6) is 0 Å². The monoisotopic (exact) mass is 308 g/mol. The van der Waals surface area contributed by atoms with E-state index < -0.39 is 0 Å². The predicted molar refractivity (Wildman–Crippen MR) is 90.9 cm³/mol. The minimum Gasteiger partial charge on any atom is -0.245 e. The number of rotatable bonds is 2. The van der Waals surface area contributed by atoms with Crippen molar-refractivity contribution in [2.75, 3.05) is 0 Å². The summed E-state index contributed by atoms with van der Waals surface area (Å²) in [4.78, 5) is 8.95. The standard InChI is InChI=1S/C17H12N2S2/c1-11-5-6-12-13(15(11)17-19-8-10-21-17)3-2-4-14(12)16-18-7-9-20-16/h2-10H,1H3. The summed E-state index contributed by atoms with van der Waals surface area (Å²) in [7, 11) is 0. The minimum absolute atomic E-state index is 1.06. The highest BCUT2D eigenvalue weighted by molar-refractivity contribution is 7.13. The molecule has 0 aliphatic rings. The molecule has 0 saturated heterocycles. The largest absolute Gasteiger partial charge is 0.245 e. The SMILES string of the molecule is Cc1ccc2c(-c3nccs3)cccc2c1-c1nccs1. The van der Waals surface area contributed by atoms with Gasteiger partial charge in [0.2, 0.25) is 0 Å². The lowest BCUT2D eigenvalue weighted by Gasteiger charge is -2.10. The molecule has 4 aromatic rings. The molecule has 0 unspecified atom stereocenters. The van der Waals surface area contributed by atoms with Gasteiger partial charge >= 0.3 is 0 Å². The summed E-state index contributed by atoms with van der Waals surface area (Å²) >= 11 is 3.36. The summed E-state index contributed by atoms with van der Waals surface area (Å²) in [5.41, 5.74) is 3.69. The van der Waals surface area contributed by atoms with Crippen LogP contribution in [0.2, 0.25) is 0 Å². The van der Waals surface area contributed by atoms with Gasteiger partial charge in [-0.25, -0.2) is 9.97 Å². The van der Waals surface area contributed by atoms with Crippen LogP contribution in [0.15, 0.2) is 53.5 Å². The summed E-state index contributed by atoms with van der Waals surface area (Å²) in [6.45, 7) is 2.15. The first-order chi connectivity index (χ1) is 10.3. The fourth-order valence-electron chi connectivity index (χ4n) is 2.64. The van der Waals surface area contributed by atoms with Gasteiger partial charge in [-0.3, -0.25) is 0 Å². The van der Waals surface area contributed by atoms with Crippen molar-refractivity contribution in [3.63, 3.8) is 0 Å². The van der Waals surface area contributed by atoms with Gasteiger partial charge in [-0.1, -0.05) is 30.3 Å². The van der Waals surface area contributed by atoms with Crippen LogP contribution in [0.3, 0.4) is 0 Å². The third-order valence-electron chi connectivity index (χ3n) is 3.58. The molecule has 0 radical (unpaired) electrons. The Balaban J connectivity index is 2.08. The highest BCUT2D eigenvalue weighted by atomic mass is 32.1. The maximum atomic E-state index is 4.50. The van der Waals surface area contributed by atoms with Crippen molar-refractivity contribution >= 4 is 33.4 Å². The molecule has 4 rings (SSSR count). The van der Waals surface area contributed by atoms with Crippen LogP contribution in [0.4, 0.5) is 0 Å². The second-order valence-corrected chi connectivity index (χ2v) is 6.62. The molecule has 0 spiro atoms. The smallest absolute Gasteiger partial charge is 0.124 e. The van der Waals surface area contributed by atoms with Gasteiger partial charge in [0.15, 0.2) is 0 Å². The van der Waals surface area contributed by atoms with Crippen LogP contribution in [-0.4, -0.2) is 9.97 Å². The van der Waals surface area contributed by atoms with E-state index in [9.17, 15) is 0 Å². The number of benzene rings is 2. The third kappa shape index (κ3) is 2.07. The molecule has 2 heterocycles. The molecule has 21 heavy (non-hydrogen) atoms. The van der Waals surface area contributed by atoms with E-state index in [0.29, 0.717) is 0 Å². The van der Waals surface area contributed by atoms with E-state index in [1.54, 1.807) is 22.7 Å². The number of hydrogen-bond acceptors (Lipinski definition) is 4. The Morgan fingerprint density at radius 3 is 2.29 bits per heavy atom. The Bertz CT molecular complexity index is 894. The van der Waals surface area contributed by atoms with Gasteiger partial charge in [0, 0.05) is 34.3 Å². The predicted octanol–water partition coefficient (Wildman–Crippen LogP) is 5.40. The molecule has 0 fully saturated rings. The van der Waals surface area contributed by atoms with Crippen LogP contribution in [-0.2, 0) is 0 Å². The van der Waals surface area contributed by atoms with Gasteiger partial charge in [0.1, 0.15) is 10.0 Å². The Labute approximate surface area is 130 Å². The number of hydrogen-bond donors (Lipinski definition) is 0. The molecule has 4 heteroatoms. The summed E-state index contributed by atoms with van der Waals surface area (Å²) in [6, 6.07) is 10.8. The van der Waals surface area contributed by atoms with Crippen molar-refractivity contribution in [3.8, 4) is 21.1 Å². The van der Waals surface area contributed by atoms with E-state index >= 15 is 0 Å². The van der Waals surface area contributed by atoms with Crippen LogP contribution < -0.4 is 0 Å². The van der Waals surface area contributed by atoms with E-state index in [1.807, 2.05) is 23.2 Å². The number of thiazole rings is 2. The Morgan fingerprint density at radius 1 is 0.810 bits per heavy atom. The van der Waals surface area contributed by atoms with Crippen molar-refractivity contribution in [2.45, 2.75) is 6.92 Å². The molecule has 0 atom stereocenters.